The highest BCUT2D eigenvalue weighted by Gasteiger charge is 2.67. The summed E-state index contributed by atoms with van der Waals surface area (Å²) in [6, 6.07) is 19.9. The number of para-hydroxylation sites is 1. The van der Waals surface area contributed by atoms with Crippen molar-refractivity contribution >= 4 is 17.5 Å². The molecule has 5 heteroatoms. The van der Waals surface area contributed by atoms with Gasteiger partial charge in [0.25, 0.3) is 0 Å². The summed E-state index contributed by atoms with van der Waals surface area (Å²) < 4.78 is 6.22. The summed E-state index contributed by atoms with van der Waals surface area (Å²) in [6.45, 7) is 2.48. The second-order valence-electron chi connectivity index (χ2n) is 8.59. The normalized spacial score (nSPS) is 29.8. The predicted molar refractivity (Wildman–Crippen MR) is 115 cm³/mol. The molecule has 2 aromatic rings. The molecule has 0 aromatic heterocycles. The number of nitrogens with zero attached hydrogens (tertiary/aromatic N) is 1. The van der Waals surface area contributed by atoms with Gasteiger partial charge in [0.2, 0.25) is 11.8 Å². The minimum atomic E-state index is -0.688. The second-order valence-corrected chi connectivity index (χ2v) is 8.59. The third-order valence-electron chi connectivity index (χ3n) is 6.57. The van der Waals surface area contributed by atoms with Gasteiger partial charge in [-0.2, -0.15) is 0 Å². The molecular weight excluding hydrogens is 376 g/mol. The SMILES string of the molecule is C[C@@H](CCc1ccccc1)NC(=O)[C@H]1[C@@H]2C=C[C@]3(CN(c4ccccc4)C(=O)[C@H]13)O2. The van der Waals surface area contributed by atoms with E-state index in [1.165, 1.54) is 5.56 Å². The Hall–Kier alpha value is -2.92. The van der Waals surface area contributed by atoms with E-state index in [9.17, 15) is 9.59 Å². The molecule has 0 radical (unpaired) electrons. The smallest absolute Gasteiger partial charge is 0.234 e. The minimum absolute atomic E-state index is 0.0230. The van der Waals surface area contributed by atoms with Gasteiger partial charge in [-0.25, -0.2) is 0 Å². The topological polar surface area (TPSA) is 58.6 Å². The molecular formula is C25H26N2O3. The second kappa shape index (κ2) is 7.40. The van der Waals surface area contributed by atoms with Crippen molar-refractivity contribution < 1.29 is 14.3 Å². The zero-order valence-corrected chi connectivity index (χ0v) is 17.0. The minimum Gasteiger partial charge on any atom is -0.360 e. The number of hydrogen-bond donors (Lipinski definition) is 1. The molecule has 0 saturated carbocycles. The van der Waals surface area contributed by atoms with Gasteiger partial charge < -0.3 is 15.0 Å². The molecule has 5 atom stereocenters. The van der Waals surface area contributed by atoms with Crippen LogP contribution in [0.25, 0.3) is 0 Å². The molecule has 3 aliphatic rings. The molecule has 5 rings (SSSR count). The highest BCUT2D eigenvalue weighted by Crippen LogP contribution is 2.52. The van der Waals surface area contributed by atoms with Gasteiger partial charge in [-0.3, -0.25) is 9.59 Å². The van der Waals surface area contributed by atoms with Crippen LogP contribution in [0.5, 0.6) is 0 Å². The lowest BCUT2D eigenvalue weighted by molar-refractivity contribution is -0.132. The molecule has 1 N–H and O–H groups in total. The zero-order chi connectivity index (χ0) is 20.7. The lowest BCUT2D eigenvalue weighted by Crippen LogP contribution is -2.46. The average Bonchev–Trinajstić information content (AvgIpc) is 3.42. The maximum absolute atomic E-state index is 13.3. The fraction of sp³-hybridized carbons (Fsp3) is 0.360. The van der Waals surface area contributed by atoms with Crippen LogP contribution < -0.4 is 10.2 Å². The first-order chi connectivity index (χ1) is 14.6. The van der Waals surface area contributed by atoms with Crippen molar-refractivity contribution in [3.05, 3.63) is 78.4 Å². The lowest BCUT2D eigenvalue weighted by Gasteiger charge is -2.25. The van der Waals surface area contributed by atoms with Crippen molar-refractivity contribution in [2.45, 2.75) is 37.5 Å². The summed E-state index contributed by atoms with van der Waals surface area (Å²) in [5.41, 5.74) is 1.42. The number of carbonyl (C=O) groups is 2. The maximum atomic E-state index is 13.3. The van der Waals surface area contributed by atoms with Gasteiger partial charge in [-0.05, 0) is 37.5 Å². The van der Waals surface area contributed by atoms with Crippen LogP contribution in [-0.2, 0) is 20.7 Å². The van der Waals surface area contributed by atoms with E-state index >= 15 is 0 Å². The van der Waals surface area contributed by atoms with E-state index in [1.807, 2.05) is 67.6 Å². The van der Waals surface area contributed by atoms with Gasteiger partial charge in [-0.15, -0.1) is 0 Å². The van der Waals surface area contributed by atoms with Crippen molar-refractivity contribution in [2.75, 3.05) is 11.4 Å². The number of aryl methyl sites for hydroxylation is 1. The zero-order valence-electron chi connectivity index (χ0n) is 17.0. The molecule has 3 heterocycles. The monoisotopic (exact) mass is 402 g/mol. The van der Waals surface area contributed by atoms with E-state index in [-0.39, 0.29) is 24.0 Å². The van der Waals surface area contributed by atoms with Crippen LogP contribution in [0.3, 0.4) is 0 Å². The number of nitrogens with one attached hydrogen (secondary N) is 1. The Labute approximate surface area is 176 Å². The Balaban J connectivity index is 1.29. The molecule has 5 nitrogen and oxygen atoms in total. The van der Waals surface area contributed by atoms with Crippen LogP contribution >= 0.6 is 0 Å². The summed E-state index contributed by atoms with van der Waals surface area (Å²) in [5, 5.41) is 3.14. The van der Waals surface area contributed by atoms with Crippen LogP contribution in [0.15, 0.2) is 72.8 Å². The van der Waals surface area contributed by atoms with E-state index in [0.29, 0.717) is 6.54 Å². The van der Waals surface area contributed by atoms with Gasteiger partial charge >= 0.3 is 0 Å². The molecule has 2 fully saturated rings. The van der Waals surface area contributed by atoms with E-state index in [0.717, 1.165) is 18.5 Å². The number of hydrogen-bond acceptors (Lipinski definition) is 3. The number of fused-ring (bicyclic) bond motifs is 1. The predicted octanol–water partition coefficient (Wildman–Crippen LogP) is 3.11. The summed E-state index contributed by atoms with van der Waals surface area (Å²) in [6.07, 6.45) is 5.38. The number of rotatable bonds is 6. The van der Waals surface area contributed by atoms with Gasteiger partial charge in [-0.1, -0.05) is 60.7 Å². The maximum Gasteiger partial charge on any atom is 0.234 e. The van der Waals surface area contributed by atoms with E-state index in [1.54, 1.807) is 4.90 Å². The van der Waals surface area contributed by atoms with E-state index in [4.69, 9.17) is 4.74 Å². The molecule has 3 aliphatic heterocycles. The van der Waals surface area contributed by atoms with Crippen LogP contribution in [0.1, 0.15) is 18.9 Å². The Morgan fingerprint density at radius 1 is 1.17 bits per heavy atom. The molecule has 2 saturated heterocycles. The largest absolute Gasteiger partial charge is 0.360 e. The Morgan fingerprint density at radius 2 is 1.87 bits per heavy atom. The third-order valence-corrected chi connectivity index (χ3v) is 6.57. The molecule has 2 amide bonds. The third kappa shape index (κ3) is 3.14. The van der Waals surface area contributed by atoms with Crippen LogP contribution in [0.2, 0.25) is 0 Å². The number of anilines is 1. The number of ether oxygens (including phenoxy) is 1. The van der Waals surface area contributed by atoms with Crippen LogP contribution in [0.4, 0.5) is 5.69 Å². The quantitative estimate of drug-likeness (QED) is 0.756. The van der Waals surface area contributed by atoms with Crippen LogP contribution in [-0.4, -0.2) is 36.1 Å². The Morgan fingerprint density at radius 3 is 2.60 bits per heavy atom. The highest BCUT2D eigenvalue weighted by atomic mass is 16.5. The van der Waals surface area contributed by atoms with Crippen LogP contribution in [0, 0.1) is 11.8 Å². The Kier molecular flexibility index (Phi) is 4.70. The van der Waals surface area contributed by atoms with Gasteiger partial charge in [0.05, 0.1) is 24.5 Å². The standard InChI is InChI=1S/C25H26N2O3/c1-17(12-13-18-8-4-2-5-9-18)26-23(28)21-20-14-15-25(30-20)16-27(24(29)22(21)25)19-10-6-3-7-11-19/h2-11,14-15,17,20-22H,12-13,16H2,1H3,(H,26,28)/t17-,20-,21-,22-,25+/m0/s1. The first-order valence-corrected chi connectivity index (χ1v) is 10.7. The molecule has 0 aliphatic carbocycles. The lowest BCUT2D eigenvalue weighted by atomic mass is 9.76. The molecule has 1 spiro atoms. The van der Waals surface area contributed by atoms with Crippen molar-refractivity contribution in [1.82, 2.24) is 5.32 Å². The molecule has 2 aromatic carbocycles. The van der Waals surface area contributed by atoms with Gasteiger partial charge in [0.15, 0.2) is 0 Å². The van der Waals surface area contributed by atoms with Gasteiger partial charge in [0.1, 0.15) is 5.60 Å². The first kappa shape index (κ1) is 19.1. The van der Waals surface area contributed by atoms with Crippen molar-refractivity contribution in [3.8, 4) is 0 Å². The van der Waals surface area contributed by atoms with Crippen molar-refractivity contribution in [3.63, 3.8) is 0 Å². The fourth-order valence-corrected chi connectivity index (χ4v) is 5.06. The summed E-state index contributed by atoms with van der Waals surface area (Å²) >= 11 is 0. The van der Waals surface area contributed by atoms with Crippen molar-refractivity contribution in [1.29, 1.82) is 0 Å². The summed E-state index contributed by atoms with van der Waals surface area (Å²) in [4.78, 5) is 28.3. The molecule has 154 valence electrons. The summed E-state index contributed by atoms with van der Waals surface area (Å²) in [7, 11) is 0. The van der Waals surface area contributed by atoms with E-state index in [2.05, 4.69) is 17.4 Å². The average molecular weight is 402 g/mol. The number of amides is 2. The Bertz CT molecular complexity index is 974. The number of carbonyl (C=O) groups excluding carboxylic acids is 2. The molecule has 2 bridgehead atoms. The molecule has 0 unspecified atom stereocenters. The molecule has 30 heavy (non-hydrogen) atoms. The number of benzene rings is 2. The first-order valence-electron chi connectivity index (χ1n) is 10.7. The fourth-order valence-electron chi connectivity index (χ4n) is 5.06. The summed E-state index contributed by atoms with van der Waals surface area (Å²) in [5.74, 6) is -1.05. The van der Waals surface area contributed by atoms with E-state index < -0.39 is 17.4 Å². The highest BCUT2D eigenvalue weighted by molar-refractivity contribution is 6.03. The van der Waals surface area contributed by atoms with Gasteiger partial charge in [0, 0.05) is 11.7 Å². The van der Waals surface area contributed by atoms with Crippen molar-refractivity contribution in [2.24, 2.45) is 11.8 Å².